The van der Waals surface area contributed by atoms with E-state index in [1.54, 1.807) is 11.6 Å². The topological polar surface area (TPSA) is 92.5 Å². The monoisotopic (exact) mass is 301 g/mol. The highest BCUT2D eigenvalue weighted by Crippen LogP contribution is 2.29. The second kappa shape index (κ2) is 5.53. The molecule has 0 aliphatic carbocycles. The van der Waals surface area contributed by atoms with Crippen LogP contribution in [-0.2, 0) is 28.4 Å². The summed E-state index contributed by atoms with van der Waals surface area (Å²) in [7, 11) is -1.70. The van der Waals surface area contributed by atoms with Gasteiger partial charge in [-0.2, -0.15) is 4.31 Å². The highest BCUT2D eigenvalue weighted by molar-refractivity contribution is 7.89. The zero-order chi connectivity index (χ0) is 14.9. The van der Waals surface area contributed by atoms with Crippen molar-refractivity contribution < 1.29 is 18.3 Å². The van der Waals surface area contributed by atoms with Gasteiger partial charge < -0.3 is 9.67 Å². The number of carboxylic acids is 1. The summed E-state index contributed by atoms with van der Waals surface area (Å²) >= 11 is 0. The summed E-state index contributed by atoms with van der Waals surface area (Å²) in [6.07, 6.45) is 2.89. The van der Waals surface area contributed by atoms with E-state index in [9.17, 15) is 18.3 Å². The van der Waals surface area contributed by atoms with Gasteiger partial charge in [-0.15, -0.1) is 0 Å². The van der Waals surface area contributed by atoms with Gasteiger partial charge >= 0.3 is 5.97 Å². The van der Waals surface area contributed by atoms with Gasteiger partial charge in [0.25, 0.3) is 0 Å². The minimum absolute atomic E-state index is 0.0199. The van der Waals surface area contributed by atoms with Crippen molar-refractivity contribution in [1.82, 2.24) is 13.9 Å². The number of carbonyl (C=O) groups is 1. The Bertz CT molecular complexity index is 608. The van der Waals surface area contributed by atoms with Crippen LogP contribution in [0.25, 0.3) is 0 Å². The van der Waals surface area contributed by atoms with E-state index < -0.39 is 21.9 Å². The Morgan fingerprint density at radius 3 is 2.85 bits per heavy atom. The molecule has 20 heavy (non-hydrogen) atoms. The summed E-state index contributed by atoms with van der Waals surface area (Å²) in [5.41, 5.74) is 1.13. The fourth-order valence-electron chi connectivity index (χ4n) is 2.44. The average molecular weight is 301 g/mol. The highest BCUT2D eigenvalue weighted by atomic mass is 32.2. The summed E-state index contributed by atoms with van der Waals surface area (Å²) < 4.78 is 27.4. The second-order valence-electron chi connectivity index (χ2n) is 5.04. The van der Waals surface area contributed by atoms with Gasteiger partial charge in [0.15, 0.2) is 0 Å². The summed E-state index contributed by atoms with van der Waals surface area (Å²) in [6, 6.07) is 0. The summed E-state index contributed by atoms with van der Waals surface area (Å²) in [5.74, 6) is -1.83. The molecular formula is C12H19N3O4S. The number of rotatable bonds is 5. The Labute approximate surface area is 118 Å². The third kappa shape index (κ3) is 2.71. The van der Waals surface area contributed by atoms with E-state index >= 15 is 0 Å². The molecule has 112 valence electrons. The van der Waals surface area contributed by atoms with Crippen LogP contribution in [0, 0.1) is 0 Å². The number of aliphatic carboxylic acids is 1. The van der Waals surface area contributed by atoms with Crippen molar-refractivity contribution in [2.75, 3.05) is 12.3 Å². The molecule has 0 saturated heterocycles. The lowest BCUT2D eigenvalue weighted by atomic mass is 10.0. The van der Waals surface area contributed by atoms with Crippen LogP contribution in [0.3, 0.4) is 0 Å². The molecule has 0 saturated carbocycles. The standard InChI is InChI=1S/C12H19N3O4S/c1-3-4-5-20(18,19)15-6-9(12(16)17)11-10(7-15)13-8-14(11)2/h8-9H,3-7H2,1-2H3,(H,16,17)/t9-/m1/s1. The number of aromatic nitrogens is 2. The first-order valence-electron chi connectivity index (χ1n) is 6.57. The molecule has 8 heteroatoms. The van der Waals surface area contributed by atoms with Gasteiger partial charge in [0.05, 0.1) is 30.0 Å². The third-order valence-corrected chi connectivity index (χ3v) is 5.42. The van der Waals surface area contributed by atoms with E-state index in [0.29, 0.717) is 17.8 Å². The molecular weight excluding hydrogens is 282 g/mol. The SMILES string of the molecule is CCCCS(=O)(=O)N1Cc2ncn(C)c2[C@H](C(=O)O)C1. The van der Waals surface area contributed by atoms with Gasteiger partial charge in [0, 0.05) is 13.6 Å². The second-order valence-corrected chi connectivity index (χ2v) is 7.13. The van der Waals surface area contributed by atoms with Gasteiger partial charge in [-0.25, -0.2) is 13.4 Å². The zero-order valence-electron chi connectivity index (χ0n) is 11.6. The number of aryl methyl sites for hydroxylation is 1. The van der Waals surface area contributed by atoms with E-state index in [0.717, 1.165) is 6.42 Å². The molecule has 1 aliphatic rings. The fraction of sp³-hybridized carbons (Fsp3) is 0.667. The van der Waals surface area contributed by atoms with Crippen molar-refractivity contribution >= 4 is 16.0 Å². The van der Waals surface area contributed by atoms with E-state index in [-0.39, 0.29) is 18.8 Å². The predicted molar refractivity (Wildman–Crippen MR) is 72.7 cm³/mol. The Hall–Kier alpha value is -1.41. The van der Waals surface area contributed by atoms with Gasteiger partial charge in [0.1, 0.15) is 5.92 Å². The van der Waals surface area contributed by atoms with E-state index in [2.05, 4.69) is 4.98 Å². The number of nitrogens with zero attached hydrogens (tertiary/aromatic N) is 3. The number of carboxylic acid groups (broad SMARTS) is 1. The first-order chi connectivity index (χ1) is 9.36. The molecule has 0 unspecified atom stereocenters. The Morgan fingerprint density at radius 1 is 1.55 bits per heavy atom. The quantitative estimate of drug-likeness (QED) is 0.856. The number of unbranched alkanes of at least 4 members (excludes halogenated alkanes) is 1. The molecule has 7 nitrogen and oxygen atoms in total. The Balaban J connectivity index is 2.32. The van der Waals surface area contributed by atoms with Gasteiger partial charge in [0.2, 0.25) is 10.0 Å². The van der Waals surface area contributed by atoms with Gasteiger partial charge in [-0.3, -0.25) is 4.79 Å². The Kier molecular flexibility index (Phi) is 4.14. The van der Waals surface area contributed by atoms with Crippen molar-refractivity contribution in [2.24, 2.45) is 7.05 Å². The van der Waals surface area contributed by atoms with E-state index in [1.807, 2.05) is 6.92 Å². The normalized spacial score (nSPS) is 19.8. The lowest BCUT2D eigenvalue weighted by molar-refractivity contribution is -0.139. The maximum Gasteiger partial charge on any atom is 0.313 e. The fourth-order valence-corrected chi connectivity index (χ4v) is 4.05. The molecule has 1 atom stereocenters. The largest absolute Gasteiger partial charge is 0.481 e. The van der Waals surface area contributed by atoms with Crippen LogP contribution in [0.15, 0.2) is 6.33 Å². The maximum absolute atomic E-state index is 12.2. The van der Waals surface area contributed by atoms with E-state index in [4.69, 9.17) is 0 Å². The van der Waals surface area contributed by atoms with Crippen LogP contribution in [-0.4, -0.2) is 45.6 Å². The lowest BCUT2D eigenvalue weighted by Crippen LogP contribution is -2.42. The molecule has 1 N–H and O–H groups in total. The maximum atomic E-state index is 12.2. The molecule has 1 aliphatic heterocycles. The predicted octanol–water partition coefficient (Wildman–Crippen LogP) is 0.534. The molecule has 0 aromatic carbocycles. The molecule has 2 heterocycles. The Morgan fingerprint density at radius 2 is 2.25 bits per heavy atom. The summed E-state index contributed by atoms with van der Waals surface area (Å²) in [5, 5.41) is 9.32. The molecule has 0 bridgehead atoms. The van der Waals surface area contributed by atoms with Crippen LogP contribution in [0.5, 0.6) is 0 Å². The van der Waals surface area contributed by atoms with Crippen LogP contribution >= 0.6 is 0 Å². The number of fused-ring (bicyclic) bond motifs is 1. The summed E-state index contributed by atoms with van der Waals surface area (Å²) in [6.45, 7) is 2.06. The number of sulfonamides is 1. The molecule has 0 radical (unpaired) electrons. The molecule has 1 aromatic rings. The zero-order valence-corrected chi connectivity index (χ0v) is 12.4. The lowest BCUT2D eigenvalue weighted by Gasteiger charge is -2.30. The van der Waals surface area contributed by atoms with Crippen molar-refractivity contribution in [3.05, 3.63) is 17.7 Å². The smallest absolute Gasteiger partial charge is 0.313 e. The highest BCUT2D eigenvalue weighted by Gasteiger charge is 2.38. The van der Waals surface area contributed by atoms with Crippen LogP contribution in [0.2, 0.25) is 0 Å². The van der Waals surface area contributed by atoms with Crippen molar-refractivity contribution in [3.8, 4) is 0 Å². The molecule has 0 amide bonds. The van der Waals surface area contributed by atoms with Gasteiger partial charge in [-0.1, -0.05) is 13.3 Å². The third-order valence-electron chi connectivity index (χ3n) is 3.55. The van der Waals surface area contributed by atoms with Crippen molar-refractivity contribution in [1.29, 1.82) is 0 Å². The average Bonchev–Trinajstić information content (AvgIpc) is 2.77. The van der Waals surface area contributed by atoms with Gasteiger partial charge in [-0.05, 0) is 6.42 Å². The number of hydrogen-bond donors (Lipinski definition) is 1. The van der Waals surface area contributed by atoms with Crippen molar-refractivity contribution in [2.45, 2.75) is 32.2 Å². The van der Waals surface area contributed by atoms with Crippen molar-refractivity contribution in [3.63, 3.8) is 0 Å². The summed E-state index contributed by atoms with van der Waals surface area (Å²) in [4.78, 5) is 15.5. The first kappa shape index (κ1) is 15.0. The minimum atomic E-state index is -3.42. The molecule has 0 spiro atoms. The first-order valence-corrected chi connectivity index (χ1v) is 8.18. The molecule has 1 aromatic heterocycles. The number of hydrogen-bond acceptors (Lipinski definition) is 4. The molecule has 2 rings (SSSR count). The minimum Gasteiger partial charge on any atom is -0.481 e. The number of imidazole rings is 1. The van der Waals surface area contributed by atoms with E-state index in [1.165, 1.54) is 10.6 Å². The van der Waals surface area contributed by atoms with Crippen LogP contribution in [0.4, 0.5) is 0 Å². The molecule has 0 fully saturated rings. The van der Waals surface area contributed by atoms with Crippen LogP contribution in [0.1, 0.15) is 37.1 Å². The van der Waals surface area contributed by atoms with Crippen LogP contribution < -0.4 is 0 Å².